The minimum Gasteiger partial charge on any atom is -0.149 e. The summed E-state index contributed by atoms with van der Waals surface area (Å²) < 4.78 is 0. The third-order valence-corrected chi connectivity index (χ3v) is 4.03. The lowest BCUT2D eigenvalue weighted by Crippen LogP contribution is -2.03. The van der Waals surface area contributed by atoms with E-state index < -0.39 is 0 Å². The van der Waals surface area contributed by atoms with Crippen molar-refractivity contribution in [1.82, 2.24) is 0 Å². The molecule has 0 saturated carbocycles. The van der Waals surface area contributed by atoms with Crippen molar-refractivity contribution in [3.63, 3.8) is 0 Å². The number of benzene rings is 1. The van der Waals surface area contributed by atoms with E-state index in [4.69, 9.17) is 11.6 Å². The summed E-state index contributed by atoms with van der Waals surface area (Å²) in [6, 6.07) is 13.0. The first-order valence-corrected chi connectivity index (χ1v) is 6.86. The highest BCUT2D eigenvalue weighted by molar-refractivity contribution is 7.09. The average molecular weight is 251 g/mol. The minimum atomic E-state index is 0.431. The Hall–Kier alpha value is -0.790. The van der Waals surface area contributed by atoms with Crippen molar-refractivity contribution < 1.29 is 0 Å². The van der Waals surface area contributed by atoms with E-state index in [-0.39, 0.29) is 0 Å². The second-order valence-corrected chi connectivity index (χ2v) is 5.39. The van der Waals surface area contributed by atoms with Crippen molar-refractivity contribution in [1.29, 1.82) is 0 Å². The smallest absolute Gasteiger partial charge is 0.0295 e. The van der Waals surface area contributed by atoms with Crippen molar-refractivity contribution in [3.8, 4) is 0 Å². The van der Waals surface area contributed by atoms with Crippen LogP contribution in [0.25, 0.3) is 0 Å². The molecule has 16 heavy (non-hydrogen) atoms. The Morgan fingerprint density at radius 2 is 1.94 bits per heavy atom. The molecule has 1 heterocycles. The third kappa shape index (κ3) is 2.87. The Morgan fingerprint density at radius 1 is 1.19 bits per heavy atom. The van der Waals surface area contributed by atoms with Gasteiger partial charge in [0.15, 0.2) is 0 Å². The monoisotopic (exact) mass is 250 g/mol. The molecule has 2 rings (SSSR count). The number of halogens is 1. The maximum Gasteiger partial charge on any atom is 0.0295 e. The van der Waals surface area contributed by atoms with E-state index in [0.29, 0.717) is 11.8 Å². The predicted octanol–water partition coefficient (Wildman–Crippen LogP) is 4.62. The van der Waals surface area contributed by atoms with Gasteiger partial charge < -0.3 is 0 Å². The van der Waals surface area contributed by atoms with Gasteiger partial charge in [0.1, 0.15) is 0 Å². The van der Waals surface area contributed by atoms with Crippen LogP contribution in [0.1, 0.15) is 21.9 Å². The van der Waals surface area contributed by atoms with Crippen molar-refractivity contribution in [2.24, 2.45) is 0 Å². The van der Waals surface area contributed by atoms with Gasteiger partial charge in [0.2, 0.25) is 0 Å². The Labute approximate surface area is 106 Å². The molecule has 0 fully saturated rings. The van der Waals surface area contributed by atoms with Crippen LogP contribution in [0.15, 0.2) is 41.8 Å². The van der Waals surface area contributed by atoms with Gasteiger partial charge >= 0.3 is 0 Å². The van der Waals surface area contributed by atoms with Crippen molar-refractivity contribution in [2.75, 3.05) is 5.88 Å². The van der Waals surface area contributed by atoms with Crippen molar-refractivity contribution >= 4 is 22.9 Å². The average Bonchev–Trinajstić information content (AvgIpc) is 2.80. The standard InChI is InChI=1S/C14H15ClS/c1-11-4-6-12(7-5-11)13(10-15)9-14-3-2-8-16-14/h2-8,13H,9-10H2,1H3. The van der Waals surface area contributed by atoms with E-state index in [0.717, 1.165) is 6.42 Å². The molecule has 0 nitrogen and oxygen atoms in total. The fourth-order valence-electron chi connectivity index (χ4n) is 1.77. The van der Waals surface area contributed by atoms with Gasteiger partial charge in [-0.1, -0.05) is 35.9 Å². The van der Waals surface area contributed by atoms with Gasteiger partial charge in [0.05, 0.1) is 0 Å². The van der Waals surface area contributed by atoms with Crippen LogP contribution in [-0.2, 0) is 6.42 Å². The van der Waals surface area contributed by atoms with Crippen LogP contribution >= 0.6 is 22.9 Å². The summed E-state index contributed by atoms with van der Waals surface area (Å²) in [4.78, 5) is 1.41. The van der Waals surface area contributed by atoms with Crippen LogP contribution in [0, 0.1) is 6.92 Å². The summed E-state index contributed by atoms with van der Waals surface area (Å²) in [5.41, 5.74) is 2.64. The first-order chi connectivity index (χ1) is 7.79. The number of alkyl halides is 1. The fourth-order valence-corrected chi connectivity index (χ4v) is 2.85. The van der Waals surface area contributed by atoms with Crippen LogP contribution in [-0.4, -0.2) is 5.88 Å². The normalized spacial score (nSPS) is 12.6. The molecule has 0 radical (unpaired) electrons. The number of hydrogen-bond acceptors (Lipinski definition) is 1. The topological polar surface area (TPSA) is 0 Å². The molecule has 1 aromatic heterocycles. The van der Waals surface area contributed by atoms with Crippen molar-refractivity contribution in [2.45, 2.75) is 19.3 Å². The van der Waals surface area contributed by atoms with E-state index in [1.54, 1.807) is 11.3 Å². The third-order valence-electron chi connectivity index (χ3n) is 2.76. The summed E-state index contributed by atoms with van der Waals surface area (Å²) in [5.74, 6) is 1.11. The van der Waals surface area contributed by atoms with E-state index in [1.807, 2.05) is 0 Å². The van der Waals surface area contributed by atoms with E-state index in [1.165, 1.54) is 16.0 Å². The van der Waals surface area contributed by atoms with Crippen LogP contribution in [0.4, 0.5) is 0 Å². The predicted molar refractivity (Wildman–Crippen MR) is 72.7 cm³/mol. The van der Waals surface area contributed by atoms with Gasteiger partial charge in [-0.15, -0.1) is 22.9 Å². The Kier molecular flexibility index (Phi) is 4.03. The maximum absolute atomic E-state index is 6.06. The zero-order valence-electron chi connectivity index (χ0n) is 9.32. The number of hydrogen-bond donors (Lipinski definition) is 0. The minimum absolute atomic E-state index is 0.431. The van der Waals surface area contributed by atoms with E-state index >= 15 is 0 Å². The first-order valence-electron chi connectivity index (χ1n) is 5.44. The molecular formula is C14H15ClS. The van der Waals surface area contributed by atoms with Crippen LogP contribution < -0.4 is 0 Å². The molecule has 2 heteroatoms. The fraction of sp³-hybridized carbons (Fsp3) is 0.286. The maximum atomic E-state index is 6.06. The molecule has 0 aliphatic carbocycles. The lowest BCUT2D eigenvalue weighted by molar-refractivity contribution is 0.776. The molecule has 84 valence electrons. The molecule has 0 saturated heterocycles. The largest absolute Gasteiger partial charge is 0.149 e. The summed E-state index contributed by atoms with van der Waals surface area (Å²) in [6.07, 6.45) is 1.05. The summed E-state index contributed by atoms with van der Waals surface area (Å²) in [5, 5.41) is 2.12. The molecule has 0 bridgehead atoms. The lowest BCUT2D eigenvalue weighted by atomic mass is 9.96. The highest BCUT2D eigenvalue weighted by atomic mass is 35.5. The SMILES string of the molecule is Cc1ccc(C(CCl)Cc2cccs2)cc1. The zero-order valence-corrected chi connectivity index (χ0v) is 10.9. The van der Waals surface area contributed by atoms with Crippen LogP contribution in [0.5, 0.6) is 0 Å². The zero-order chi connectivity index (χ0) is 11.4. The molecule has 1 unspecified atom stereocenters. The lowest BCUT2D eigenvalue weighted by Gasteiger charge is -2.13. The molecule has 0 spiro atoms. The molecule has 0 N–H and O–H groups in total. The molecule has 0 amide bonds. The van der Waals surface area contributed by atoms with Gasteiger partial charge in [-0.05, 0) is 30.4 Å². The van der Waals surface area contributed by atoms with Gasteiger partial charge in [-0.3, -0.25) is 0 Å². The highest BCUT2D eigenvalue weighted by Gasteiger charge is 2.11. The second kappa shape index (κ2) is 5.51. The second-order valence-electron chi connectivity index (χ2n) is 4.05. The Morgan fingerprint density at radius 3 is 2.50 bits per heavy atom. The quantitative estimate of drug-likeness (QED) is 0.695. The van der Waals surface area contributed by atoms with Crippen LogP contribution in [0.2, 0.25) is 0 Å². The Bertz CT molecular complexity index is 417. The number of rotatable bonds is 4. The van der Waals surface area contributed by atoms with Gasteiger partial charge in [-0.25, -0.2) is 0 Å². The molecule has 0 aliphatic heterocycles. The first kappa shape index (κ1) is 11.7. The van der Waals surface area contributed by atoms with Gasteiger partial charge in [0, 0.05) is 16.7 Å². The molecule has 1 aromatic carbocycles. The molecule has 1 atom stereocenters. The Balaban J connectivity index is 2.13. The summed E-state index contributed by atoms with van der Waals surface area (Å²) in [7, 11) is 0. The van der Waals surface area contributed by atoms with Crippen LogP contribution in [0.3, 0.4) is 0 Å². The number of thiophene rings is 1. The molecular weight excluding hydrogens is 236 g/mol. The van der Waals surface area contributed by atoms with E-state index in [9.17, 15) is 0 Å². The summed E-state index contributed by atoms with van der Waals surface area (Å²) >= 11 is 7.87. The molecule has 0 aliphatic rings. The van der Waals surface area contributed by atoms with Gasteiger partial charge in [-0.2, -0.15) is 0 Å². The van der Waals surface area contributed by atoms with Crippen molar-refractivity contribution in [3.05, 3.63) is 57.8 Å². The highest BCUT2D eigenvalue weighted by Crippen LogP contribution is 2.24. The number of aryl methyl sites for hydroxylation is 1. The molecule has 2 aromatic rings. The van der Waals surface area contributed by atoms with E-state index in [2.05, 4.69) is 48.7 Å². The summed E-state index contributed by atoms with van der Waals surface area (Å²) in [6.45, 7) is 2.11. The van der Waals surface area contributed by atoms with Gasteiger partial charge in [0.25, 0.3) is 0 Å².